The molecular weight excluding hydrogens is 244 g/mol. The van der Waals surface area contributed by atoms with Crippen LogP contribution in [0.25, 0.3) is 0 Å². The van der Waals surface area contributed by atoms with Gasteiger partial charge in [-0.15, -0.1) is 0 Å². The molecule has 5 heteroatoms. The smallest absolute Gasteiger partial charge is 0.323 e. The average Bonchev–Trinajstić information content (AvgIpc) is 2.27. The average molecular weight is 257 g/mol. The van der Waals surface area contributed by atoms with Gasteiger partial charge in [0.25, 0.3) is 0 Å². The maximum atomic E-state index is 11.5. The SMILES string of the molecule is COC(=O)C(C)(Cc1cccc(Cl)c1)C(=O)O. The van der Waals surface area contributed by atoms with Gasteiger partial charge >= 0.3 is 11.9 Å². The predicted octanol–water partition coefficient (Wildman–Crippen LogP) is 2.15. The number of methoxy groups -OCH3 is 1. The van der Waals surface area contributed by atoms with Gasteiger partial charge in [-0.3, -0.25) is 9.59 Å². The van der Waals surface area contributed by atoms with Crippen LogP contribution >= 0.6 is 11.6 Å². The maximum absolute atomic E-state index is 11.5. The third kappa shape index (κ3) is 2.97. The topological polar surface area (TPSA) is 63.6 Å². The summed E-state index contributed by atoms with van der Waals surface area (Å²) in [6.45, 7) is 1.34. The van der Waals surface area contributed by atoms with Crippen molar-refractivity contribution < 1.29 is 19.4 Å². The Balaban J connectivity index is 3.03. The maximum Gasteiger partial charge on any atom is 0.323 e. The summed E-state index contributed by atoms with van der Waals surface area (Å²) >= 11 is 5.80. The summed E-state index contributed by atoms with van der Waals surface area (Å²) in [7, 11) is 1.17. The first-order chi connectivity index (χ1) is 7.90. The summed E-state index contributed by atoms with van der Waals surface area (Å²) < 4.78 is 4.53. The molecule has 0 aliphatic rings. The number of carboxylic acid groups (broad SMARTS) is 1. The minimum absolute atomic E-state index is 0.0373. The zero-order valence-corrected chi connectivity index (χ0v) is 10.3. The Morgan fingerprint density at radius 3 is 2.59 bits per heavy atom. The van der Waals surface area contributed by atoms with Crippen LogP contribution in [-0.2, 0) is 20.7 Å². The van der Waals surface area contributed by atoms with Crippen LogP contribution < -0.4 is 0 Å². The van der Waals surface area contributed by atoms with E-state index in [2.05, 4.69) is 4.74 Å². The molecule has 0 radical (unpaired) electrons. The van der Waals surface area contributed by atoms with E-state index in [0.717, 1.165) is 0 Å². The van der Waals surface area contributed by atoms with Crippen molar-refractivity contribution in [2.75, 3.05) is 7.11 Å². The van der Waals surface area contributed by atoms with Crippen LogP contribution in [0.1, 0.15) is 12.5 Å². The third-order valence-corrected chi connectivity index (χ3v) is 2.79. The zero-order chi connectivity index (χ0) is 13.1. The van der Waals surface area contributed by atoms with Crippen molar-refractivity contribution in [3.05, 3.63) is 34.9 Å². The molecule has 1 atom stereocenters. The van der Waals surface area contributed by atoms with Gasteiger partial charge in [0.05, 0.1) is 7.11 Å². The van der Waals surface area contributed by atoms with Crippen molar-refractivity contribution in [3.63, 3.8) is 0 Å². The molecule has 92 valence electrons. The highest BCUT2D eigenvalue weighted by Gasteiger charge is 2.42. The van der Waals surface area contributed by atoms with Gasteiger partial charge in [-0.1, -0.05) is 23.7 Å². The van der Waals surface area contributed by atoms with Crippen LogP contribution in [0.2, 0.25) is 5.02 Å². The number of hydrogen-bond acceptors (Lipinski definition) is 3. The largest absolute Gasteiger partial charge is 0.480 e. The molecule has 0 aromatic heterocycles. The zero-order valence-electron chi connectivity index (χ0n) is 9.57. The first-order valence-corrected chi connectivity index (χ1v) is 5.34. The summed E-state index contributed by atoms with van der Waals surface area (Å²) in [5.41, 5.74) is -0.924. The van der Waals surface area contributed by atoms with Gasteiger partial charge in [0.15, 0.2) is 5.41 Å². The summed E-state index contributed by atoms with van der Waals surface area (Å²) in [4.78, 5) is 22.7. The standard InChI is InChI=1S/C12H13ClO4/c1-12(10(14)15,11(16)17-2)7-8-4-3-5-9(13)6-8/h3-6H,7H2,1-2H3,(H,14,15). The highest BCUT2D eigenvalue weighted by molar-refractivity contribution is 6.30. The van der Waals surface area contributed by atoms with Gasteiger partial charge in [-0.2, -0.15) is 0 Å². The van der Waals surface area contributed by atoms with Crippen molar-refractivity contribution in [2.24, 2.45) is 5.41 Å². The minimum Gasteiger partial charge on any atom is -0.480 e. The molecule has 1 aromatic rings. The quantitative estimate of drug-likeness (QED) is 0.662. The lowest BCUT2D eigenvalue weighted by Gasteiger charge is -2.21. The summed E-state index contributed by atoms with van der Waals surface area (Å²) in [5.74, 6) is -1.99. The van der Waals surface area contributed by atoms with Crippen LogP contribution in [0.5, 0.6) is 0 Å². The van der Waals surface area contributed by atoms with Crippen LogP contribution in [0, 0.1) is 5.41 Å². The molecule has 4 nitrogen and oxygen atoms in total. The van der Waals surface area contributed by atoms with E-state index >= 15 is 0 Å². The number of hydrogen-bond donors (Lipinski definition) is 1. The first kappa shape index (κ1) is 13.5. The summed E-state index contributed by atoms with van der Waals surface area (Å²) in [5, 5.41) is 9.63. The lowest BCUT2D eigenvalue weighted by atomic mass is 9.84. The second-order valence-electron chi connectivity index (χ2n) is 3.94. The molecule has 0 spiro atoms. The number of ether oxygens (including phenoxy) is 1. The number of esters is 1. The molecule has 0 saturated heterocycles. The second-order valence-corrected chi connectivity index (χ2v) is 4.37. The predicted molar refractivity (Wildman–Crippen MR) is 62.9 cm³/mol. The number of carboxylic acids is 1. The number of halogens is 1. The summed E-state index contributed by atoms with van der Waals surface area (Å²) in [6.07, 6.45) is 0.0373. The van der Waals surface area contributed by atoms with E-state index in [4.69, 9.17) is 16.7 Å². The van der Waals surface area contributed by atoms with Crippen LogP contribution in [-0.4, -0.2) is 24.2 Å². The molecule has 0 bridgehead atoms. The third-order valence-electron chi connectivity index (χ3n) is 2.55. The number of carbonyl (C=O) groups is 2. The van der Waals surface area contributed by atoms with Gasteiger partial charge in [-0.05, 0) is 31.0 Å². The van der Waals surface area contributed by atoms with Crippen molar-refractivity contribution in [3.8, 4) is 0 Å². The molecule has 0 fully saturated rings. The highest BCUT2D eigenvalue weighted by Crippen LogP contribution is 2.26. The molecule has 1 N–H and O–H groups in total. The van der Waals surface area contributed by atoms with E-state index < -0.39 is 17.4 Å². The summed E-state index contributed by atoms with van der Waals surface area (Å²) in [6, 6.07) is 6.74. The fourth-order valence-corrected chi connectivity index (χ4v) is 1.73. The van der Waals surface area contributed by atoms with Crippen molar-refractivity contribution in [1.29, 1.82) is 0 Å². The fraction of sp³-hybridized carbons (Fsp3) is 0.333. The van der Waals surface area contributed by atoms with E-state index in [0.29, 0.717) is 10.6 Å². The van der Waals surface area contributed by atoms with Crippen LogP contribution in [0.4, 0.5) is 0 Å². The Kier molecular flexibility index (Phi) is 4.12. The van der Waals surface area contributed by atoms with E-state index in [-0.39, 0.29) is 6.42 Å². The molecule has 1 unspecified atom stereocenters. The number of rotatable bonds is 4. The lowest BCUT2D eigenvalue weighted by Crippen LogP contribution is -2.39. The lowest BCUT2D eigenvalue weighted by molar-refractivity contribution is -0.165. The monoisotopic (exact) mass is 256 g/mol. The van der Waals surface area contributed by atoms with E-state index in [1.807, 2.05) is 0 Å². The van der Waals surface area contributed by atoms with Gasteiger partial charge < -0.3 is 9.84 Å². The Labute approximate surface area is 104 Å². The molecular formula is C12H13ClO4. The van der Waals surface area contributed by atoms with Gasteiger partial charge in [0.2, 0.25) is 0 Å². The van der Waals surface area contributed by atoms with E-state index in [1.165, 1.54) is 14.0 Å². The number of benzene rings is 1. The second kappa shape index (κ2) is 5.19. The molecule has 17 heavy (non-hydrogen) atoms. The molecule has 0 aliphatic heterocycles. The van der Waals surface area contributed by atoms with Crippen LogP contribution in [0.15, 0.2) is 24.3 Å². The van der Waals surface area contributed by atoms with Gasteiger partial charge in [0.1, 0.15) is 0 Å². The van der Waals surface area contributed by atoms with E-state index in [9.17, 15) is 9.59 Å². The van der Waals surface area contributed by atoms with Gasteiger partial charge in [-0.25, -0.2) is 0 Å². The normalized spacial score (nSPS) is 13.8. The first-order valence-electron chi connectivity index (χ1n) is 4.96. The van der Waals surface area contributed by atoms with Crippen molar-refractivity contribution in [2.45, 2.75) is 13.3 Å². The fourth-order valence-electron chi connectivity index (χ4n) is 1.52. The number of carbonyl (C=O) groups excluding carboxylic acids is 1. The molecule has 0 saturated carbocycles. The number of aliphatic carboxylic acids is 1. The Bertz CT molecular complexity index is 444. The van der Waals surface area contributed by atoms with Gasteiger partial charge in [0, 0.05) is 5.02 Å². The molecule has 1 rings (SSSR count). The van der Waals surface area contributed by atoms with Crippen LogP contribution in [0.3, 0.4) is 0 Å². The Hall–Kier alpha value is -1.55. The molecule has 1 aromatic carbocycles. The Morgan fingerprint density at radius 2 is 2.12 bits per heavy atom. The molecule has 0 heterocycles. The molecule has 0 aliphatic carbocycles. The van der Waals surface area contributed by atoms with E-state index in [1.54, 1.807) is 24.3 Å². The Morgan fingerprint density at radius 1 is 1.47 bits per heavy atom. The van der Waals surface area contributed by atoms with Crippen molar-refractivity contribution >= 4 is 23.5 Å². The minimum atomic E-state index is -1.60. The highest BCUT2D eigenvalue weighted by atomic mass is 35.5. The molecule has 0 amide bonds. The van der Waals surface area contributed by atoms with Crippen molar-refractivity contribution in [1.82, 2.24) is 0 Å².